The molecule has 0 spiro atoms. The summed E-state index contributed by atoms with van der Waals surface area (Å²) in [5.74, 6) is -0.305. The van der Waals surface area contributed by atoms with E-state index in [-0.39, 0.29) is 35.9 Å². The van der Waals surface area contributed by atoms with Gasteiger partial charge in [-0.05, 0) is 43.7 Å². The van der Waals surface area contributed by atoms with E-state index in [9.17, 15) is 26.4 Å². The number of nitrogens with zero attached hydrogens (tertiary/aromatic N) is 3. The lowest BCUT2D eigenvalue weighted by Crippen LogP contribution is -2.52. The predicted octanol–water partition coefficient (Wildman–Crippen LogP) is 3.62. The molecule has 0 aromatic heterocycles. The van der Waals surface area contributed by atoms with Gasteiger partial charge in [0.15, 0.2) is 0 Å². The van der Waals surface area contributed by atoms with E-state index in [1.165, 1.54) is 10.4 Å². The molecule has 0 saturated carbocycles. The van der Waals surface area contributed by atoms with Gasteiger partial charge in [0, 0.05) is 38.6 Å². The molecule has 0 bridgehead atoms. The normalized spacial score (nSPS) is 21.5. The lowest BCUT2D eigenvalue weighted by atomic mass is 9.94. The molecule has 2 aliphatic heterocycles. The Morgan fingerprint density at radius 1 is 0.941 bits per heavy atom. The predicted molar refractivity (Wildman–Crippen MR) is 121 cm³/mol. The Morgan fingerprint density at radius 2 is 1.62 bits per heavy atom. The largest absolute Gasteiger partial charge is 0.416 e. The van der Waals surface area contributed by atoms with Gasteiger partial charge >= 0.3 is 6.18 Å². The van der Waals surface area contributed by atoms with Gasteiger partial charge < -0.3 is 9.80 Å². The number of carbonyl (C=O) groups is 1. The first-order valence-corrected chi connectivity index (χ1v) is 12.7. The van der Waals surface area contributed by atoms with E-state index in [0.717, 1.165) is 30.8 Å². The van der Waals surface area contributed by atoms with E-state index < -0.39 is 21.8 Å². The first-order chi connectivity index (χ1) is 16.1. The Labute approximate surface area is 198 Å². The quantitative estimate of drug-likeness (QED) is 0.650. The van der Waals surface area contributed by atoms with Crippen molar-refractivity contribution in [2.75, 3.05) is 39.8 Å². The molecule has 1 unspecified atom stereocenters. The van der Waals surface area contributed by atoms with Crippen LogP contribution in [-0.2, 0) is 21.0 Å². The lowest BCUT2D eigenvalue weighted by Gasteiger charge is -2.43. The number of alkyl halides is 3. The summed E-state index contributed by atoms with van der Waals surface area (Å²) in [6, 6.07) is 13.6. The molecular formula is C24H28F3N3O3S. The van der Waals surface area contributed by atoms with Crippen LogP contribution in [0.1, 0.15) is 30.0 Å². The molecule has 2 aliphatic rings. The van der Waals surface area contributed by atoms with Gasteiger partial charge in [-0.25, -0.2) is 8.42 Å². The second-order valence-electron chi connectivity index (χ2n) is 8.92. The number of hydrogen-bond donors (Lipinski definition) is 0. The Balaban J connectivity index is 1.45. The van der Waals surface area contributed by atoms with E-state index in [1.807, 2.05) is 42.3 Å². The van der Waals surface area contributed by atoms with E-state index in [4.69, 9.17) is 0 Å². The van der Waals surface area contributed by atoms with Gasteiger partial charge in [0.2, 0.25) is 15.9 Å². The number of benzene rings is 2. The van der Waals surface area contributed by atoms with Crippen LogP contribution in [0.4, 0.5) is 13.2 Å². The second kappa shape index (κ2) is 9.67. The molecule has 2 fully saturated rings. The van der Waals surface area contributed by atoms with Crippen molar-refractivity contribution in [3.8, 4) is 0 Å². The lowest BCUT2D eigenvalue weighted by molar-refractivity contribution is -0.142. The summed E-state index contributed by atoms with van der Waals surface area (Å²) in [4.78, 5) is 17.1. The molecule has 2 aromatic carbocycles. The van der Waals surface area contributed by atoms with Crippen LogP contribution >= 0.6 is 0 Å². The monoisotopic (exact) mass is 495 g/mol. The van der Waals surface area contributed by atoms with Gasteiger partial charge in [-0.2, -0.15) is 17.5 Å². The van der Waals surface area contributed by atoms with Gasteiger partial charge in [0.1, 0.15) is 0 Å². The van der Waals surface area contributed by atoms with Crippen molar-refractivity contribution >= 4 is 15.9 Å². The maximum atomic E-state index is 13.4. The number of sulfonamides is 1. The van der Waals surface area contributed by atoms with Crippen molar-refractivity contribution < 1.29 is 26.4 Å². The Kier molecular flexibility index (Phi) is 7.02. The average Bonchev–Trinajstić information content (AvgIpc) is 2.84. The fourth-order valence-electron chi connectivity index (χ4n) is 4.70. The molecule has 0 aliphatic carbocycles. The molecule has 6 nitrogen and oxygen atoms in total. The third-order valence-corrected chi connectivity index (χ3v) is 8.55. The Hall–Kier alpha value is -2.43. The molecule has 34 heavy (non-hydrogen) atoms. The van der Waals surface area contributed by atoms with Crippen molar-refractivity contribution in [3.05, 3.63) is 65.7 Å². The van der Waals surface area contributed by atoms with Crippen LogP contribution in [0, 0.1) is 5.92 Å². The highest BCUT2D eigenvalue weighted by Crippen LogP contribution is 2.33. The molecule has 2 saturated heterocycles. The third-order valence-electron chi connectivity index (χ3n) is 6.65. The van der Waals surface area contributed by atoms with Gasteiger partial charge in [0.05, 0.1) is 16.5 Å². The van der Waals surface area contributed by atoms with E-state index in [2.05, 4.69) is 4.90 Å². The number of piperidine rings is 1. The van der Waals surface area contributed by atoms with Crippen LogP contribution in [0.2, 0.25) is 0 Å². The number of carbonyl (C=O) groups excluding carboxylic acids is 1. The summed E-state index contributed by atoms with van der Waals surface area (Å²) in [5.41, 5.74) is 0.0626. The first kappa shape index (κ1) is 24.7. The minimum absolute atomic E-state index is 0.0121. The van der Waals surface area contributed by atoms with E-state index >= 15 is 0 Å². The number of halogens is 3. The standard InChI is InChI=1S/C24H28F3N3O3S/c1-28-14-15-30(22(17-28)18-6-3-2-4-7-18)23(31)19-10-12-29(13-11-19)34(32,33)21-9-5-8-20(16-21)24(25,26)27/h2-9,16,19,22H,10-15,17H2,1H3. The summed E-state index contributed by atoms with van der Waals surface area (Å²) in [6.07, 6.45) is -3.95. The molecule has 4 rings (SSSR count). The Morgan fingerprint density at radius 3 is 2.26 bits per heavy atom. The van der Waals surface area contributed by atoms with Crippen molar-refractivity contribution in [3.63, 3.8) is 0 Å². The number of amides is 1. The van der Waals surface area contributed by atoms with Crippen molar-refractivity contribution in [2.45, 2.75) is 30.0 Å². The zero-order valence-electron chi connectivity index (χ0n) is 18.9. The maximum absolute atomic E-state index is 13.4. The second-order valence-corrected chi connectivity index (χ2v) is 10.9. The zero-order chi connectivity index (χ0) is 24.5. The van der Waals surface area contributed by atoms with E-state index in [0.29, 0.717) is 25.5 Å². The van der Waals surface area contributed by atoms with Crippen LogP contribution in [0.25, 0.3) is 0 Å². The summed E-state index contributed by atoms with van der Waals surface area (Å²) >= 11 is 0. The minimum Gasteiger partial charge on any atom is -0.333 e. The SMILES string of the molecule is CN1CCN(C(=O)C2CCN(S(=O)(=O)c3cccc(C(F)(F)F)c3)CC2)C(c2ccccc2)C1. The maximum Gasteiger partial charge on any atom is 0.416 e. The molecule has 2 heterocycles. The summed E-state index contributed by atoms with van der Waals surface area (Å²) in [6.45, 7) is 2.27. The fraction of sp³-hybridized carbons (Fsp3) is 0.458. The highest BCUT2D eigenvalue weighted by atomic mass is 32.2. The minimum atomic E-state index is -4.62. The van der Waals surface area contributed by atoms with Gasteiger partial charge in [-0.1, -0.05) is 36.4 Å². The molecule has 1 atom stereocenters. The van der Waals surface area contributed by atoms with Crippen LogP contribution in [-0.4, -0.2) is 68.2 Å². The smallest absolute Gasteiger partial charge is 0.333 e. The zero-order valence-corrected chi connectivity index (χ0v) is 19.7. The van der Waals surface area contributed by atoms with Gasteiger partial charge in [0.25, 0.3) is 0 Å². The number of likely N-dealkylation sites (N-methyl/N-ethyl adjacent to an activating group) is 1. The summed E-state index contributed by atoms with van der Waals surface area (Å²) in [7, 11) is -2.06. The fourth-order valence-corrected chi connectivity index (χ4v) is 6.22. The van der Waals surface area contributed by atoms with E-state index in [1.54, 1.807) is 0 Å². The summed E-state index contributed by atoms with van der Waals surface area (Å²) in [5, 5.41) is 0. The molecule has 184 valence electrons. The number of rotatable bonds is 4. The highest BCUT2D eigenvalue weighted by Gasteiger charge is 2.38. The Bertz CT molecular complexity index is 1120. The van der Waals surface area contributed by atoms with Crippen molar-refractivity contribution in [1.82, 2.24) is 14.1 Å². The van der Waals surface area contributed by atoms with Crippen LogP contribution in [0.3, 0.4) is 0 Å². The average molecular weight is 496 g/mol. The molecule has 0 radical (unpaired) electrons. The third kappa shape index (κ3) is 5.13. The van der Waals surface area contributed by atoms with Gasteiger partial charge in [-0.15, -0.1) is 0 Å². The van der Waals surface area contributed by atoms with Crippen molar-refractivity contribution in [1.29, 1.82) is 0 Å². The van der Waals surface area contributed by atoms with Crippen molar-refractivity contribution in [2.24, 2.45) is 5.92 Å². The van der Waals surface area contributed by atoms with Crippen LogP contribution in [0.5, 0.6) is 0 Å². The molecule has 2 aromatic rings. The summed E-state index contributed by atoms with van der Waals surface area (Å²) < 4.78 is 66.3. The van der Waals surface area contributed by atoms with Crippen LogP contribution in [0.15, 0.2) is 59.5 Å². The molecule has 1 amide bonds. The van der Waals surface area contributed by atoms with Gasteiger partial charge in [-0.3, -0.25) is 4.79 Å². The van der Waals surface area contributed by atoms with Crippen LogP contribution < -0.4 is 0 Å². The molecule has 0 N–H and O–H groups in total. The molecular weight excluding hydrogens is 467 g/mol. The first-order valence-electron chi connectivity index (χ1n) is 11.3. The number of hydrogen-bond acceptors (Lipinski definition) is 4. The molecule has 10 heteroatoms. The topological polar surface area (TPSA) is 60.9 Å². The highest BCUT2D eigenvalue weighted by molar-refractivity contribution is 7.89. The number of piperazine rings is 1.